The number of aromatic nitrogens is 3. The lowest BCUT2D eigenvalue weighted by Crippen LogP contribution is -3.00. The van der Waals surface area contributed by atoms with Crippen molar-refractivity contribution in [1.82, 2.24) is 14.9 Å². The summed E-state index contributed by atoms with van der Waals surface area (Å²) in [6, 6.07) is 97.9. The van der Waals surface area contributed by atoms with E-state index in [1.165, 1.54) is 53.8 Å². The first-order valence-electron chi connectivity index (χ1n) is 41.6. The number of aromatic amines is 2. The van der Waals surface area contributed by atoms with Gasteiger partial charge in [-0.1, -0.05) is 292 Å². The van der Waals surface area contributed by atoms with E-state index >= 15 is 0 Å². The number of benzene rings is 12. The van der Waals surface area contributed by atoms with Gasteiger partial charge in [0.1, 0.15) is 11.4 Å². The minimum absolute atomic E-state index is 0. The Balaban J connectivity index is 0.000000165. The minimum atomic E-state index is -3.92. The number of H-pyrrole nitrogens is 2. The van der Waals surface area contributed by atoms with Crippen LogP contribution in [0.3, 0.4) is 0 Å². The van der Waals surface area contributed by atoms with Gasteiger partial charge in [-0.05, 0) is 182 Å². The van der Waals surface area contributed by atoms with Gasteiger partial charge in [0.25, 0.3) is 15.9 Å². The smallest absolute Gasteiger partial charge is 0.345 e. The van der Waals surface area contributed by atoms with Gasteiger partial charge >= 0.3 is 15.3 Å². The summed E-state index contributed by atoms with van der Waals surface area (Å²) in [6.07, 6.45) is 12.6. The van der Waals surface area contributed by atoms with E-state index in [9.17, 15) is 31.2 Å². The lowest BCUT2D eigenvalue weighted by Gasteiger charge is -2.26. The van der Waals surface area contributed by atoms with Crippen molar-refractivity contribution >= 4 is 169 Å². The predicted octanol–water partition coefficient (Wildman–Crippen LogP) is 23.8. The number of thiazole rings is 1. The van der Waals surface area contributed by atoms with Crippen molar-refractivity contribution < 1.29 is 52.8 Å². The zero-order valence-electron chi connectivity index (χ0n) is 70.8. The SMILES string of the molecule is CCCCCC[n+]1c(-c2ccccc2)csc1Nc1ccccc1.CCCCN(CCCC)C(=NS(=O)(=O)Nc1ccccc1)Nc1ccccc1.Cc1cccc(NS(=O)(=O)c2ccc(-c3ccccc3)cc2)c1.O=C(CSCC(=O)c1c[nH]c2ccccc12)c1c[nH]c2ccccc12.O=C(c1ccc(Cl)cc1)N(Cc1ccc(Cl)cc1Cl)c1cccc(Cl)c1.[Br-]. The van der Waals surface area contributed by atoms with Gasteiger partial charge < -0.3 is 42.1 Å². The number of unbranched alkanes of at least 4 members (excludes halogenated alkanes) is 5. The molecule has 0 saturated heterocycles. The van der Waals surface area contributed by atoms with E-state index in [1.807, 2.05) is 163 Å². The summed E-state index contributed by atoms with van der Waals surface area (Å²) < 4.78 is 61.9. The number of ketones is 2. The molecule has 0 aliphatic carbocycles. The van der Waals surface area contributed by atoms with Crippen LogP contribution >= 0.6 is 69.5 Å². The van der Waals surface area contributed by atoms with Crippen molar-refractivity contribution in [3.05, 3.63) is 381 Å². The fourth-order valence-electron chi connectivity index (χ4n) is 13.3. The van der Waals surface area contributed by atoms with Crippen molar-refractivity contribution in [2.45, 2.75) is 97.0 Å². The number of sulfonamides is 1. The number of nitrogens with one attached hydrogen (secondary N) is 6. The Morgan fingerprint density at radius 2 is 0.984 bits per heavy atom. The molecule has 0 atom stereocenters. The van der Waals surface area contributed by atoms with E-state index in [-0.39, 0.29) is 57.4 Å². The third-order valence-electron chi connectivity index (χ3n) is 19.9. The number of hydrogen-bond acceptors (Lipinski definition) is 10. The van der Waals surface area contributed by atoms with Crippen LogP contribution in [0.15, 0.2) is 343 Å². The van der Waals surface area contributed by atoms with Crippen LogP contribution in [0.2, 0.25) is 20.1 Å². The maximum atomic E-state index is 13.1. The summed E-state index contributed by atoms with van der Waals surface area (Å²) >= 11 is 27.4. The standard InChI is InChI=1S/C21H30N4O2S.C21H24N2S.C20H13Cl4NO.C20H16N2O2S.C19H17NO2S.BrH/c1-3-5-17-25(18-6-4-2)21(22-19-13-9-7-10-14-19)24-28(26,27)23-20-15-11-8-12-16-20;1-2-3-4-11-16-23-20(18-12-7-5-8-13-18)17-24-21(23)22-19-14-9-6-10-15-19;21-15-7-4-13(5-8-15)20(26)25(18-3-1-2-16(22)10-18)12-14-6-9-17(23)11-19(14)24;23-19(15-9-21-17-7-3-1-5-13(15)17)11-25-12-20(24)16-10-22-18-8-4-2-6-14(16)18;1-15-6-5-9-18(14-15)20-23(21,22)19-12-10-17(11-13-19)16-7-3-2-4-8-16;/h7-16,23H,3-6,17-18H2,1-2H3,(H,22,24);5-10,12-15,17H,2-4,11,16H2,1H3;1-11H,12H2;1-10,21-22H,11-12H2;2-14,20H,1H3;1H. The quantitative estimate of drug-likeness (QED) is 0.00765. The Labute approximate surface area is 784 Å². The van der Waals surface area contributed by atoms with Crippen LogP contribution in [-0.2, 0) is 33.3 Å². The molecule has 0 aliphatic rings. The second-order valence-electron chi connectivity index (χ2n) is 29.4. The lowest BCUT2D eigenvalue weighted by molar-refractivity contribution is -0.668. The van der Waals surface area contributed by atoms with Crippen molar-refractivity contribution in [2.75, 3.05) is 49.6 Å². The van der Waals surface area contributed by atoms with Gasteiger partial charge in [-0.2, -0.15) is 8.42 Å². The molecule has 0 unspecified atom stereocenters. The van der Waals surface area contributed by atoms with Gasteiger partial charge in [-0.25, -0.2) is 18.3 Å². The normalized spacial score (nSPS) is 11.0. The lowest BCUT2D eigenvalue weighted by atomic mass is 10.1. The molecule has 15 rings (SSSR count). The molecule has 17 nitrogen and oxygen atoms in total. The summed E-state index contributed by atoms with van der Waals surface area (Å²) in [5, 5.41) is 14.2. The molecule has 0 spiro atoms. The number of fused-ring (bicyclic) bond motifs is 2. The number of rotatable bonds is 32. The van der Waals surface area contributed by atoms with Crippen molar-refractivity contribution in [2.24, 2.45) is 4.40 Å². The van der Waals surface area contributed by atoms with Gasteiger partial charge in [0.2, 0.25) is 5.96 Å². The van der Waals surface area contributed by atoms with Crippen LogP contribution in [0, 0.1) is 6.92 Å². The fraction of sp³-hybridized carbons (Fsp3) is 0.178. The number of aryl methyl sites for hydroxylation is 1. The number of halogens is 5. The number of thioether (sulfide) groups is 1. The molecule has 0 bridgehead atoms. The van der Waals surface area contributed by atoms with Gasteiger partial charge in [0.05, 0.1) is 35.2 Å². The molecular weight excluding hydrogens is 1820 g/mol. The molecule has 3 heterocycles. The zero-order valence-corrected chi connectivity index (χ0v) is 78.7. The number of para-hydroxylation sites is 5. The molecule has 15 aromatic rings. The number of nitrogens with zero attached hydrogens (tertiary/aromatic N) is 4. The topological polar surface area (TPSA) is 222 Å². The molecular formula is C101H101BrCl4N10O7S4. The molecule has 0 saturated carbocycles. The summed E-state index contributed by atoms with van der Waals surface area (Å²) in [4.78, 5) is 48.1. The summed E-state index contributed by atoms with van der Waals surface area (Å²) in [5.74, 6) is 0.807. The van der Waals surface area contributed by atoms with E-state index < -0.39 is 20.2 Å². The number of anilines is 6. The highest BCUT2D eigenvalue weighted by molar-refractivity contribution is 8.00. The summed E-state index contributed by atoms with van der Waals surface area (Å²) in [5.41, 5.74) is 13.9. The Morgan fingerprint density at radius 1 is 0.480 bits per heavy atom. The van der Waals surface area contributed by atoms with Crippen LogP contribution in [0.1, 0.15) is 114 Å². The molecule has 12 aromatic carbocycles. The number of amides is 1. The van der Waals surface area contributed by atoms with E-state index in [4.69, 9.17) is 46.4 Å². The average Bonchev–Trinajstić information content (AvgIpc) is 1.49. The third-order valence-corrected chi connectivity index (χ3v) is 25.1. The second-order valence-corrected chi connectivity index (χ2v) is 35.9. The molecule has 127 heavy (non-hydrogen) atoms. The van der Waals surface area contributed by atoms with Crippen LogP contribution in [0.4, 0.5) is 33.6 Å². The number of carbonyl (C=O) groups excluding carboxylic acids is 3. The Kier molecular flexibility index (Phi) is 38.8. The van der Waals surface area contributed by atoms with Gasteiger partial charge in [-0.3, -0.25) is 23.8 Å². The molecule has 6 N–H and O–H groups in total. The molecule has 656 valence electrons. The Hall–Kier alpha value is -11.3. The Bertz CT molecular complexity index is 6170. The third kappa shape index (κ3) is 30.2. The highest BCUT2D eigenvalue weighted by Crippen LogP contribution is 2.32. The van der Waals surface area contributed by atoms with Gasteiger partial charge in [0, 0.05) is 112 Å². The van der Waals surface area contributed by atoms with Crippen molar-refractivity contribution in [1.29, 1.82) is 0 Å². The monoisotopic (exact) mass is 1910 g/mol. The van der Waals surface area contributed by atoms with Gasteiger partial charge in [-0.15, -0.1) is 16.2 Å². The molecule has 0 aliphatic heterocycles. The van der Waals surface area contributed by atoms with Crippen LogP contribution in [0.5, 0.6) is 0 Å². The van der Waals surface area contributed by atoms with E-state index in [0.717, 1.165) is 101 Å². The van der Waals surface area contributed by atoms with Crippen LogP contribution < -0.4 is 46.5 Å². The summed E-state index contributed by atoms with van der Waals surface area (Å²) in [7, 11) is -7.49. The molecule has 0 radical (unpaired) electrons. The predicted molar refractivity (Wildman–Crippen MR) is 528 cm³/mol. The maximum Gasteiger partial charge on any atom is 0.345 e. The maximum absolute atomic E-state index is 13.1. The number of Topliss-reactive ketones (excluding diaryl/α,β-unsaturated/α-hetero) is 2. The molecule has 0 fully saturated rings. The fourth-order valence-corrected chi connectivity index (χ4v) is 17.8. The number of guanidine groups is 1. The highest BCUT2D eigenvalue weighted by atomic mass is 79.9. The van der Waals surface area contributed by atoms with E-state index in [1.54, 1.807) is 138 Å². The zero-order chi connectivity index (χ0) is 89.1. The first kappa shape index (κ1) is 97.9. The van der Waals surface area contributed by atoms with Crippen molar-refractivity contribution in [3.8, 4) is 22.4 Å². The number of hydrogen-bond donors (Lipinski definition) is 6. The summed E-state index contributed by atoms with van der Waals surface area (Å²) in [6.45, 7) is 11.2. The first-order chi connectivity index (χ1) is 61.1. The van der Waals surface area contributed by atoms with Crippen molar-refractivity contribution in [3.63, 3.8) is 0 Å². The largest absolute Gasteiger partial charge is 1.00 e. The molecule has 3 aromatic heterocycles. The highest BCUT2D eigenvalue weighted by Gasteiger charge is 2.24. The second kappa shape index (κ2) is 50.3. The van der Waals surface area contributed by atoms with E-state index in [0.29, 0.717) is 59.8 Å². The minimum Gasteiger partial charge on any atom is -1.00 e. The van der Waals surface area contributed by atoms with Gasteiger partial charge in [0.15, 0.2) is 11.6 Å². The van der Waals surface area contributed by atoms with E-state index in [2.05, 4.69) is 120 Å². The number of carbonyl (C=O) groups is 3. The van der Waals surface area contributed by atoms with Crippen LogP contribution in [-0.4, -0.2) is 79.7 Å². The average molecular weight is 1920 g/mol. The first-order valence-corrected chi connectivity index (χ1v) is 48.0. The Morgan fingerprint density at radius 3 is 1.54 bits per heavy atom. The molecule has 1 amide bonds. The molecule has 26 heteroatoms. The van der Waals surface area contributed by atoms with Crippen LogP contribution in [0.25, 0.3) is 44.2 Å².